The van der Waals surface area contributed by atoms with E-state index in [4.69, 9.17) is 10.6 Å². The first-order valence-corrected chi connectivity index (χ1v) is 9.20. The zero-order valence-electron chi connectivity index (χ0n) is 16.7. The Morgan fingerprint density at radius 1 is 1.28 bits per heavy atom. The molecule has 0 spiro atoms. The van der Waals surface area contributed by atoms with Crippen LogP contribution in [-0.2, 0) is 17.6 Å². The number of nitrogens with two attached hydrogens (primary N) is 1. The van der Waals surface area contributed by atoms with Crippen molar-refractivity contribution in [3.05, 3.63) is 58.7 Å². The Balaban J connectivity index is 0.000000537. The Bertz CT molecular complexity index is 834. The third kappa shape index (κ3) is 6.39. The van der Waals surface area contributed by atoms with E-state index >= 15 is 0 Å². The molecule has 0 aromatic heterocycles. The van der Waals surface area contributed by atoms with E-state index in [-0.39, 0.29) is 12.2 Å². The highest BCUT2D eigenvalue weighted by Crippen LogP contribution is 2.45. The van der Waals surface area contributed by atoms with Gasteiger partial charge in [0.15, 0.2) is 0 Å². The summed E-state index contributed by atoms with van der Waals surface area (Å²) in [6, 6.07) is 9.98. The molecule has 2 aromatic rings. The molecule has 1 saturated carbocycles. The third-order valence-electron chi connectivity index (χ3n) is 4.47. The summed E-state index contributed by atoms with van der Waals surface area (Å²) in [6.45, 7) is 1.89. The molecule has 0 atom stereocenters. The van der Waals surface area contributed by atoms with Crippen LogP contribution in [0.25, 0.3) is 0 Å². The van der Waals surface area contributed by atoms with Gasteiger partial charge in [-0.1, -0.05) is 23.8 Å². The molecule has 3 N–H and O–H groups in total. The lowest BCUT2D eigenvalue weighted by Gasteiger charge is -2.18. The summed E-state index contributed by atoms with van der Waals surface area (Å²) < 4.78 is 45.7. The molecule has 1 amide bonds. The van der Waals surface area contributed by atoms with Crippen LogP contribution >= 0.6 is 0 Å². The number of aryl methyl sites for hydroxylation is 1. The van der Waals surface area contributed by atoms with Crippen LogP contribution in [-0.4, -0.2) is 25.5 Å². The molecule has 158 valence electrons. The van der Waals surface area contributed by atoms with E-state index in [0.717, 1.165) is 35.0 Å². The van der Waals surface area contributed by atoms with Gasteiger partial charge in [-0.25, -0.2) is 5.84 Å². The Morgan fingerprint density at radius 3 is 2.45 bits per heavy atom. The van der Waals surface area contributed by atoms with Gasteiger partial charge < -0.3 is 10.1 Å². The highest BCUT2D eigenvalue weighted by atomic mass is 19.4. The summed E-state index contributed by atoms with van der Waals surface area (Å²) >= 11 is 0. The van der Waals surface area contributed by atoms with E-state index in [1.165, 1.54) is 13.1 Å². The average molecular weight is 409 g/mol. The average Bonchev–Trinajstić information content (AvgIpc) is 3.51. The minimum absolute atomic E-state index is 0.116. The van der Waals surface area contributed by atoms with Crippen molar-refractivity contribution in [2.75, 3.05) is 19.4 Å². The van der Waals surface area contributed by atoms with Gasteiger partial charge in [0.2, 0.25) is 6.41 Å². The van der Waals surface area contributed by atoms with Gasteiger partial charge in [-0.2, -0.15) is 13.2 Å². The topological polar surface area (TPSA) is 67.6 Å². The van der Waals surface area contributed by atoms with Crippen molar-refractivity contribution in [3.63, 3.8) is 0 Å². The number of alkyl halides is 3. The molecule has 29 heavy (non-hydrogen) atoms. The van der Waals surface area contributed by atoms with Crippen molar-refractivity contribution < 1.29 is 22.7 Å². The minimum atomic E-state index is -4.40. The van der Waals surface area contributed by atoms with Gasteiger partial charge in [0, 0.05) is 25.3 Å². The molecule has 1 aliphatic rings. The first kappa shape index (κ1) is 22.5. The van der Waals surface area contributed by atoms with Gasteiger partial charge in [-0.05, 0) is 49.4 Å². The molecule has 0 saturated heterocycles. The van der Waals surface area contributed by atoms with Gasteiger partial charge in [0.1, 0.15) is 12.4 Å². The summed E-state index contributed by atoms with van der Waals surface area (Å²) in [5.41, 5.74) is 2.15. The number of carbonyl (C=O) groups is 1. The van der Waals surface area contributed by atoms with Gasteiger partial charge >= 0.3 is 6.18 Å². The van der Waals surface area contributed by atoms with Crippen LogP contribution in [0.2, 0.25) is 0 Å². The summed E-state index contributed by atoms with van der Waals surface area (Å²) in [5, 5.41) is 3.77. The number of hydrogen-bond donors (Lipinski definition) is 2. The maximum absolute atomic E-state index is 13.3. The first-order chi connectivity index (χ1) is 13.7. The molecule has 0 unspecified atom stereocenters. The van der Waals surface area contributed by atoms with Gasteiger partial charge in [-0.3, -0.25) is 9.80 Å². The molecule has 8 heteroatoms. The predicted molar refractivity (Wildman–Crippen MR) is 106 cm³/mol. The summed E-state index contributed by atoms with van der Waals surface area (Å²) in [6.07, 6.45) is -1.65. The zero-order chi connectivity index (χ0) is 21.6. The lowest BCUT2D eigenvalue weighted by molar-refractivity contribution is -0.138. The maximum Gasteiger partial charge on any atom is 0.416 e. The second kappa shape index (κ2) is 9.65. The van der Waals surface area contributed by atoms with Crippen molar-refractivity contribution in [2.45, 2.75) is 38.5 Å². The zero-order valence-corrected chi connectivity index (χ0v) is 16.7. The molecular formula is C21H26F3N3O2. The fourth-order valence-electron chi connectivity index (χ4n) is 2.90. The number of benzene rings is 2. The maximum atomic E-state index is 13.3. The van der Waals surface area contributed by atoms with Crippen LogP contribution in [0.15, 0.2) is 36.4 Å². The fourth-order valence-corrected chi connectivity index (χ4v) is 2.90. The number of ether oxygens (including phenoxy) is 1. The van der Waals surface area contributed by atoms with Crippen molar-refractivity contribution in [1.82, 2.24) is 5.01 Å². The second-order valence-corrected chi connectivity index (χ2v) is 6.95. The number of hydrazine groups is 1. The molecule has 0 heterocycles. The van der Waals surface area contributed by atoms with E-state index in [0.29, 0.717) is 23.8 Å². The standard InChI is InChI=1S/C19H20F3NO.C2H6N2O/c1-12-6-9-18(14(10-12)13-7-8-13)24-11-15-16(19(20,21)22)4-3-5-17(15)23-2;1-4(3)2-5/h3-6,9-10,13,23H,7-8,11H2,1-2H3;2H,3H2,1H3. The van der Waals surface area contributed by atoms with Crippen LogP contribution in [0.4, 0.5) is 18.9 Å². The molecule has 3 rings (SSSR count). The van der Waals surface area contributed by atoms with Crippen LogP contribution in [0.5, 0.6) is 5.75 Å². The lowest BCUT2D eigenvalue weighted by atomic mass is 10.0. The molecular weight excluding hydrogens is 383 g/mol. The van der Waals surface area contributed by atoms with E-state index in [2.05, 4.69) is 11.4 Å². The summed E-state index contributed by atoms with van der Waals surface area (Å²) in [7, 11) is 3.08. The SMILES string of the molecule is CN(N)C=O.CNc1cccc(C(F)(F)F)c1COc1ccc(C)cc1C1CC1. The number of rotatable bonds is 6. The highest BCUT2D eigenvalue weighted by Gasteiger charge is 2.34. The Labute approximate surface area is 168 Å². The second-order valence-electron chi connectivity index (χ2n) is 6.95. The first-order valence-electron chi connectivity index (χ1n) is 9.20. The van der Waals surface area contributed by atoms with E-state index in [9.17, 15) is 18.0 Å². The molecule has 0 bridgehead atoms. The molecule has 5 nitrogen and oxygen atoms in total. The summed E-state index contributed by atoms with van der Waals surface area (Å²) in [4.78, 5) is 9.31. The predicted octanol–water partition coefficient (Wildman–Crippen LogP) is 4.46. The van der Waals surface area contributed by atoms with Crippen LogP contribution in [0.1, 0.15) is 41.0 Å². The Morgan fingerprint density at radius 2 is 1.93 bits per heavy atom. The third-order valence-corrected chi connectivity index (χ3v) is 4.47. The normalized spacial score (nSPS) is 13.2. The Kier molecular flexibility index (Phi) is 7.50. The van der Waals surface area contributed by atoms with Gasteiger partial charge in [-0.15, -0.1) is 0 Å². The number of halogens is 3. The largest absolute Gasteiger partial charge is 0.489 e. The quantitative estimate of drug-likeness (QED) is 0.320. The smallest absolute Gasteiger partial charge is 0.416 e. The number of hydrogen-bond acceptors (Lipinski definition) is 4. The van der Waals surface area contributed by atoms with Crippen molar-refractivity contribution in [2.24, 2.45) is 5.84 Å². The van der Waals surface area contributed by atoms with Crippen molar-refractivity contribution in [3.8, 4) is 5.75 Å². The highest BCUT2D eigenvalue weighted by molar-refractivity contribution is 5.55. The minimum Gasteiger partial charge on any atom is -0.489 e. The van der Waals surface area contributed by atoms with Crippen LogP contribution in [0.3, 0.4) is 0 Å². The molecule has 1 fully saturated rings. The van der Waals surface area contributed by atoms with E-state index in [1.807, 2.05) is 19.1 Å². The van der Waals surface area contributed by atoms with E-state index in [1.54, 1.807) is 13.1 Å². The van der Waals surface area contributed by atoms with Crippen LogP contribution < -0.4 is 15.9 Å². The lowest BCUT2D eigenvalue weighted by Crippen LogP contribution is -2.23. The molecule has 0 aliphatic heterocycles. The van der Waals surface area contributed by atoms with E-state index < -0.39 is 11.7 Å². The van der Waals surface area contributed by atoms with Crippen LogP contribution in [0, 0.1) is 6.92 Å². The number of anilines is 1. The van der Waals surface area contributed by atoms with Gasteiger partial charge in [0.05, 0.1) is 5.56 Å². The van der Waals surface area contributed by atoms with Gasteiger partial charge in [0.25, 0.3) is 0 Å². The number of amides is 1. The fraction of sp³-hybridized carbons (Fsp3) is 0.381. The molecule has 0 radical (unpaired) electrons. The van der Waals surface area contributed by atoms with Crippen molar-refractivity contribution >= 4 is 12.1 Å². The molecule has 1 aliphatic carbocycles. The summed E-state index contributed by atoms with van der Waals surface area (Å²) in [5.74, 6) is 5.91. The Hall–Kier alpha value is -2.74. The number of nitrogens with one attached hydrogen (secondary N) is 1. The number of nitrogens with zero attached hydrogens (tertiary/aromatic N) is 1. The van der Waals surface area contributed by atoms with Crippen molar-refractivity contribution in [1.29, 1.82) is 0 Å². The monoisotopic (exact) mass is 409 g/mol. The number of carbonyl (C=O) groups excluding carboxylic acids is 1. The molecule has 2 aromatic carbocycles.